The summed E-state index contributed by atoms with van der Waals surface area (Å²) in [6.07, 6.45) is 3.38. The van der Waals surface area contributed by atoms with Gasteiger partial charge >= 0.3 is 6.03 Å². The number of amides is 4. The van der Waals surface area contributed by atoms with Gasteiger partial charge in [0.05, 0.1) is 5.69 Å². The molecule has 2 aromatic rings. The Hall–Kier alpha value is -3.12. The van der Waals surface area contributed by atoms with Crippen LogP contribution in [0, 0.1) is 13.8 Å². The number of carbonyl (C=O) groups excluding carboxylic acids is 3. The van der Waals surface area contributed by atoms with Crippen molar-refractivity contribution in [2.24, 2.45) is 0 Å². The Bertz CT molecular complexity index is 1090. The Balaban J connectivity index is 1.65. The molecule has 31 heavy (non-hydrogen) atoms. The average molecular weight is 438 g/mol. The maximum absolute atomic E-state index is 13.1. The Morgan fingerprint density at radius 3 is 2.52 bits per heavy atom. The number of nitrogens with one attached hydrogen (secondary N) is 1. The number of aryl methyl sites for hydroxylation is 2. The summed E-state index contributed by atoms with van der Waals surface area (Å²) in [5.41, 5.74) is 5.34. The molecule has 0 bridgehead atoms. The summed E-state index contributed by atoms with van der Waals surface area (Å²) in [6.45, 7) is 5.63. The Kier molecular flexibility index (Phi) is 5.83. The first-order chi connectivity index (χ1) is 14.9. The van der Waals surface area contributed by atoms with Crippen molar-refractivity contribution in [3.05, 3.63) is 64.2 Å². The first-order valence-electron chi connectivity index (χ1n) is 10.3. The van der Waals surface area contributed by atoms with Gasteiger partial charge in [0, 0.05) is 24.7 Å². The molecule has 2 heterocycles. The molecular formula is C24H24ClN3O3. The van der Waals surface area contributed by atoms with E-state index in [1.165, 1.54) is 11.3 Å². The molecule has 6 nitrogen and oxygen atoms in total. The van der Waals surface area contributed by atoms with Gasteiger partial charge in [0.25, 0.3) is 11.8 Å². The number of nitrogens with zero attached hydrogens (tertiary/aromatic N) is 2. The van der Waals surface area contributed by atoms with E-state index in [4.69, 9.17) is 11.6 Å². The summed E-state index contributed by atoms with van der Waals surface area (Å²) in [5.74, 6) is -0.675. The molecule has 2 aliphatic heterocycles. The van der Waals surface area contributed by atoms with Gasteiger partial charge < -0.3 is 4.90 Å². The lowest BCUT2D eigenvalue weighted by Crippen LogP contribution is -2.54. The van der Waals surface area contributed by atoms with Gasteiger partial charge in [0.1, 0.15) is 5.57 Å². The molecular weight excluding hydrogens is 414 g/mol. The molecule has 4 amide bonds. The van der Waals surface area contributed by atoms with Gasteiger partial charge in [0.2, 0.25) is 0 Å². The molecule has 2 aliphatic rings. The number of fused-ring (bicyclic) bond motifs is 1. The third kappa shape index (κ3) is 4.21. The minimum Gasteiger partial charge on any atom is -0.371 e. The van der Waals surface area contributed by atoms with E-state index >= 15 is 0 Å². The lowest BCUT2D eigenvalue weighted by atomic mass is 10.0. The van der Waals surface area contributed by atoms with E-state index in [1.807, 2.05) is 38.1 Å². The van der Waals surface area contributed by atoms with Gasteiger partial charge in [0.15, 0.2) is 0 Å². The molecule has 0 saturated carbocycles. The standard InChI is InChI=1S/C24H24ClN3O3/c1-15-10-16(2)12-19(11-15)28-23(30)20(22(29)26-24(28)31)14-17-4-5-21-18(13-17)6-9-27(21)8-3-7-25/h4-5,10-14H,3,6-9H2,1-2H3,(H,26,29,31). The highest BCUT2D eigenvalue weighted by molar-refractivity contribution is 6.39. The monoisotopic (exact) mass is 437 g/mol. The Morgan fingerprint density at radius 2 is 1.81 bits per heavy atom. The molecule has 0 atom stereocenters. The van der Waals surface area contributed by atoms with E-state index in [0.717, 1.165) is 47.5 Å². The van der Waals surface area contributed by atoms with Gasteiger partial charge in [-0.25, -0.2) is 9.69 Å². The quantitative estimate of drug-likeness (QED) is 0.436. The summed E-state index contributed by atoms with van der Waals surface area (Å²) < 4.78 is 0. The number of hydrogen-bond donors (Lipinski definition) is 1. The van der Waals surface area contributed by atoms with Crippen LogP contribution in [0.5, 0.6) is 0 Å². The summed E-state index contributed by atoms with van der Waals surface area (Å²) in [5, 5.41) is 2.29. The second-order valence-corrected chi connectivity index (χ2v) is 8.35. The van der Waals surface area contributed by atoms with Gasteiger partial charge in [-0.05, 0) is 79.3 Å². The molecule has 0 spiro atoms. The zero-order valence-corrected chi connectivity index (χ0v) is 18.3. The maximum atomic E-state index is 13.1. The Labute approximate surface area is 186 Å². The van der Waals surface area contributed by atoms with Crippen molar-refractivity contribution in [3.63, 3.8) is 0 Å². The van der Waals surface area contributed by atoms with Crippen molar-refractivity contribution in [1.82, 2.24) is 5.32 Å². The molecule has 7 heteroatoms. The molecule has 0 aliphatic carbocycles. The highest BCUT2D eigenvalue weighted by atomic mass is 35.5. The number of urea groups is 1. The molecule has 0 radical (unpaired) electrons. The highest BCUT2D eigenvalue weighted by Gasteiger charge is 2.37. The highest BCUT2D eigenvalue weighted by Crippen LogP contribution is 2.30. The zero-order valence-electron chi connectivity index (χ0n) is 17.6. The zero-order chi connectivity index (χ0) is 22.1. The number of hydrogen-bond acceptors (Lipinski definition) is 4. The van der Waals surface area contributed by atoms with E-state index in [0.29, 0.717) is 11.6 Å². The van der Waals surface area contributed by atoms with Crippen molar-refractivity contribution in [1.29, 1.82) is 0 Å². The summed E-state index contributed by atoms with van der Waals surface area (Å²) in [4.78, 5) is 41.4. The third-order valence-corrected chi connectivity index (χ3v) is 5.80. The van der Waals surface area contributed by atoms with Gasteiger partial charge in [-0.3, -0.25) is 14.9 Å². The fourth-order valence-corrected chi connectivity index (χ4v) is 4.32. The molecule has 2 aromatic carbocycles. The first kappa shape index (κ1) is 21.1. The Morgan fingerprint density at radius 1 is 1.06 bits per heavy atom. The SMILES string of the molecule is Cc1cc(C)cc(N2C(=O)NC(=O)C(=Cc3ccc4c(c3)CCN4CCCCl)C2=O)c1. The van der Waals surface area contributed by atoms with Crippen molar-refractivity contribution in [3.8, 4) is 0 Å². The normalized spacial score (nSPS) is 17.4. The van der Waals surface area contributed by atoms with Crippen molar-refractivity contribution in [2.45, 2.75) is 26.7 Å². The first-order valence-corrected chi connectivity index (χ1v) is 10.8. The van der Waals surface area contributed by atoms with Crippen LogP contribution in [-0.2, 0) is 16.0 Å². The molecule has 1 fully saturated rings. The van der Waals surface area contributed by atoms with E-state index < -0.39 is 17.8 Å². The second kappa shape index (κ2) is 8.55. The van der Waals surface area contributed by atoms with Crippen LogP contribution in [0.2, 0.25) is 0 Å². The van der Waals surface area contributed by atoms with Crippen LogP contribution in [0.25, 0.3) is 6.08 Å². The predicted octanol–water partition coefficient (Wildman–Crippen LogP) is 3.96. The topological polar surface area (TPSA) is 69.7 Å². The van der Waals surface area contributed by atoms with E-state index in [1.54, 1.807) is 18.2 Å². The maximum Gasteiger partial charge on any atom is 0.335 e. The number of alkyl halides is 1. The number of anilines is 2. The van der Waals surface area contributed by atoms with Crippen molar-refractivity contribution >= 4 is 46.9 Å². The van der Waals surface area contributed by atoms with Crippen LogP contribution in [0.4, 0.5) is 16.2 Å². The van der Waals surface area contributed by atoms with E-state index in [-0.39, 0.29) is 5.57 Å². The largest absolute Gasteiger partial charge is 0.371 e. The van der Waals surface area contributed by atoms with Gasteiger partial charge in [-0.1, -0.05) is 12.1 Å². The number of imide groups is 2. The second-order valence-electron chi connectivity index (χ2n) is 7.97. The smallest absolute Gasteiger partial charge is 0.335 e. The minimum absolute atomic E-state index is 0.0595. The van der Waals surface area contributed by atoms with Crippen LogP contribution in [-0.4, -0.2) is 36.8 Å². The van der Waals surface area contributed by atoms with Gasteiger partial charge in [-0.2, -0.15) is 0 Å². The lowest BCUT2D eigenvalue weighted by Gasteiger charge is -2.27. The summed E-state index contributed by atoms with van der Waals surface area (Å²) >= 11 is 5.82. The fraction of sp³-hybridized carbons (Fsp3) is 0.292. The molecule has 1 N–H and O–H groups in total. The molecule has 4 rings (SSSR count). The number of rotatable bonds is 5. The summed E-state index contributed by atoms with van der Waals surface area (Å²) in [6, 6.07) is 10.6. The number of halogens is 1. The van der Waals surface area contributed by atoms with Crippen LogP contribution in [0.1, 0.15) is 28.7 Å². The molecule has 160 valence electrons. The number of barbiturate groups is 1. The minimum atomic E-state index is -0.735. The fourth-order valence-electron chi connectivity index (χ4n) is 4.20. The van der Waals surface area contributed by atoms with Crippen molar-refractivity contribution in [2.75, 3.05) is 28.8 Å². The molecule has 1 saturated heterocycles. The van der Waals surface area contributed by atoms with Crippen LogP contribution in [0.3, 0.4) is 0 Å². The van der Waals surface area contributed by atoms with E-state index in [2.05, 4.69) is 10.2 Å². The van der Waals surface area contributed by atoms with Gasteiger partial charge in [-0.15, -0.1) is 11.6 Å². The van der Waals surface area contributed by atoms with Crippen LogP contribution in [0.15, 0.2) is 42.0 Å². The number of benzene rings is 2. The van der Waals surface area contributed by atoms with Crippen molar-refractivity contribution < 1.29 is 14.4 Å². The molecule has 0 aromatic heterocycles. The molecule has 0 unspecified atom stereocenters. The average Bonchev–Trinajstić information content (AvgIpc) is 3.11. The third-order valence-electron chi connectivity index (χ3n) is 5.53. The lowest BCUT2D eigenvalue weighted by molar-refractivity contribution is -0.122. The van der Waals surface area contributed by atoms with E-state index in [9.17, 15) is 14.4 Å². The summed E-state index contributed by atoms with van der Waals surface area (Å²) in [7, 11) is 0. The van der Waals surface area contributed by atoms with Crippen LogP contribution >= 0.6 is 11.6 Å². The van der Waals surface area contributed by atoms with Crippen LogP contribution < -0.4 is 15.1 Å². The number of carbonyl (C=O) groups is 3. The predicted molar refractivity (Wildman–Crippen MR) is 123 cm³/mol.